The van der Waals surface area contributed by atoms with E-state index in [9.17, 15) is 0 Å². The first-order valence-corrected chi connectivity index (χ1v) is 7.71. The zero-order valence-electron chi connectivity index (χ0n) is 12.0. The van der Waals surface area contributed by atoms with Crippen molar-refractivity contribution in [1.82, 2.24) is 15.2 Å². The van der Waals surface area contributed by atoms with Gasteiger partial charge in [-0.25, -0.2) is 0 Å². The maximum Gasteiger partial charge on any atom is 0.0855 e. The number of ether oxygens (including phenoxy) is 1. The molecule has 2 rings (SSSR count). The highest BCUT2D eigenvalue weighted by Gasteiger charge is 2.18. The molecule has 1 N–H and O–H groups in total. The summed E-state index contributed by atoms with van der Waals surface area (Å²) < 4.78 is 5.35. The predicted octanol–water partition coefficient (Wildman–Crippen LogP) is 2.17. The van der Waals surface area contributed by atoms with Crippen LogP contribution in [0.5, 0.6) is 0 Å². The van der Waals surface area contributed by atoms with Gasteiger partial charge in [0.25, 0.3) is 0 Å². The number of hydrogen-bond acceptors (Lipinski definition) is 4. The van der Waals surface area contributed by atoms with Crippen LogP contribution in [0.3, 0.4) is 0 Å². The Kier molecular flexibility index (Phi) is 6.36. The van der Waals surface area contributed by atoms with Crippen LogP contribution < -0.4 is 5.32 Å². The first-order valence-electron chi connectivity index (χ1n) is 7.30. The van der Waals surface area contributed by atoms with Crippen molar-refractivity contribution in [3.63, 3.8) is 0 Å². The van der Waals surface area contributed by atoms with E-state index >= 15 is 0 Å². The minimum absolute atomic E-state index is 0.220. The number of hydrogen-bond donors (Lipinski definition) is 1. The molecule has 0 amide bonds. The molecular weight excluding hydrogens is 270 g/mol. The molecule has 1 aromatic rings. The van der Waals surface area contributed by atoms with E-state index in [1.165, 1.54) is 0 Å². The normalized spacial score (nSPS) is 17.6. The molecule has 4 nitrogen and oxygen atoms in total. The monoisotopic (exact) mass is 293 g/mol. The van der Waals surface area contributed by atoms with E-state index < -0.39 is 0 Å². The predicted molar refractivity (Wildman–Crippen MR) is 84.9 cm³/mol. The molecule has 5 heteroatoms. The molecule has 1 aliphatic heterocycles. The third-order valence-corrected chi connectivity index (χ3v) is 3.95. The molecule has 1 saturated heterocycles. The Labute approximate surface area is 126 Å². The summed E-state index contributed by atoms with van der Waals surface area (Å²) in [6.45, 7) is 6.55. The largest absolute Gasteiger partial charge is 0.379 e. The van der Waals surface area contributed by atoms with Crippen molar-refractivity contribution < 1.29 is 4.74 Å². The number of pyridine rings is 1. The van der Waals surface area contributed by atoms with Crippen LogP contribution in [0.25, 0.3) is 0 Å². The number of aromatic nitrogens is 1. The number of nitrogens with zero attached hydrogens (tertiary/aromatic N) is 2. The highest BCUT2D eigenvalue weighted by molar-refractivity contribution is 7.80. The fourth-order valence-corrected chi connectivity index (χ4v) is 2.66. The van der Waals surface area contributed by atoms with E-state index in [0.29, 0.717) is 0 Å². The lowest BCUT2D eigenvalue weighted by atomic mass is 9.99. The quantitative estimate of drug-likeness (QED) is 0.814. The van der Waals surface area contributed by atoms with Gasteiger partial charge in [0.1, 0.15) is 0 Å². The Balaban J connectivity index is 1.90. The SMILES string of the molecule is CCCC(C(=S)NCN1CCOCC1)c1ccccn1. The Bertz CT molecular complexity index is 407. The molecule has 110 valence electrons. The smallest absolute Gasteiger partial charge is 0.0855 e. The van der Waals surface area contributed by atoms with Gasteiger partial charge in [-0.1, -0.05) is 31.6 Å². The van der Waals surface area contributed by atoms with Crippen LogP contribution in [0.15, 0.2) is 24.4 Å². The van der Waals surface area contributed by atoms with E-state index in [0.717, 1.165) is 56.5 Å². The molecule has 1 unspecified atom stereocenters. The summed E-state index contributed by atoms with van der Waals surface area (Å²) in [5.41, 5.74) is 1.06. The molecule has 0 radical (unpaired) electrons. The molecule has 0 aromatic carbocycles. The van der Waals surface area contributed by atoms with Gasteiger partial charge in [-0.2, -0.15) is 0 Å². The number of nitrogens with one attached hydrogen (secondary N) is 1. The molecular formula is C15H23N3OS. The minimum atomic E-state index is 0.220. The zero-order valence-corrected chi connectivity index (χ0v) is 12.9. The number of rotatable bonds is 6. The third-order valence-electron chi connectivity index (χ3n) is 3.52. The Hall–Kier alpha value is -1.04. The standard InChI is InChI=1S/C15H23N3OS/c1-2-5-13(14-6-3-4-7-16-14)15(20)17-12-18-8-10-19-11-9-18/h3-4,6-7,13H,2,5,8-12H2,1H3,(H,17,20). The zero-order chi connectivity index (χ0) is 14.2. The molecule has 1 fully saturated rings. The lowest BCUT2D eigenvalue weighted by Gasteiger charge is -2.28. The van der Waals surface area contributed by atoms with Gasteiger partial charge in [-0.15, -0.1) is 0 Å². The maximum atomic E-state index is 5.58. The molecule has 1 aromatic heterocycles. The van der Waals surface area contributed by atoms with Crippen molar-refractivity contribution in [3.8, 4) is 0 Å². The number of morpholine rings is 1. The highest BCUT2D eigenvalue weighted by atomic mass is 32.1. The summed E-state index contributed by atoms with van der Waals surface area (Å²) in [4.78, 5) is 7.68. The van der Waals surface area contributed by atoms with Gasteiger partial charge in [0, 0.05) is 19.3 Å². The average Bonchev–Trinajstić information content (AvgIpc) is 2.52. The van der Waals surface area contributed by atoms with E-state index in [1.807, 2.05) is 18.3 Å². The van der Waals surface area contributed by atoms with Crippen LogP contribution in [0.1, 0.15) is 31.4 Å². The van der Waals surface area contributed by atoms with E-state index in [-0.39, 0.29) is 5.92 Å². The molecule has 2 heterocycles. The lowest BCUT2D eigenvalue weighted by Crippen LogP contribution is -2.44. The van der Waals surface area contributed by atoms with E-state index in [2.05, 4.69) is 28.2 Å². The minimum Gasteiger partial charge on any atom is -0.379 e. The Morgan fingerprint density at radius 1 is 1.45 bits per heavy atom. The van der Waals surface area contributed by atoms with Crippen molar-refractivity contribution in [2.45, 2.75) is 25.7 Å². The fraction of sp³-hybridized carbons (Fsp3) is 0.600. The third kappa shape index (κ3) is 4.51. The second kappa shape index (κ2) is 8.29. The second-order valence-corrected chi connectivity index (χ2v) is 5.47. The molecule has 1 atom stereocenters. The van der Waals surface area contributed by atoms with Crippen LogP contribution in [0.2, 0.25) is 0 Å². The van der Waals surface area contributed by atoms with Crippen molar-refractivity contribution in [2.24, 2.45) is 0 Å². The van der Waals surface area contributed by atoms with Crippen molar-refractivity contribution in [2.75, 3.05) is 33.0 Å². The molecule has 0 saturated carbocycles. The van der Waals surface area contributed by atoms with Crippen molar-refractivity contribution in [1.29, 1.82) is 0 Å². The van der Waals surface area contributed by atoms with Gasteiger partial charge < -0.3 is 10.1 Å². The van der Waals surface area contributed by atoms with Gasteiger partial charge >= 0.3 is 0 Å². The highest BCUT2D eigenvalue weighted by Crippen LogP contribution is 2.20. The topological polar surface area (TPSA) is 37.4 Å². The Morgan fingerprint density at radius 2 is 2.25 bits per heavy atom. The Morgan fingerprint density at radius 3 is 2.90 bits per heavy atom. The molecule has 0 spiro atoms. The second-order valence-electron chi connectivity index (χ2n) is 5.03. The summed E-state index contributed by atoms with van der Waals surface area (Å²) in [6.07, 6.45) is 3.97. The van der Waals surface area contributed by atoms with Crippen LogP contribution in [0, 0.1) is 0 Å². The maximum absolute atomic E-state index is 5.58. The van der Waals surface area contributed by atoms with Gasteiger partial charge in [0.15, 0.2) is 0 Å². The van der Waals surface area contributed by atoms with Gasteiger partial charge in [0.2, 0.25) is 0 Å². The average molecular weight is 293 g/mol. The first-order chi connectivity index (χ1) is 9.81. The summed E-state index contributed by atoms with van der Waals surface area (Å²) in [5.74, 6) is 0.220. The molecule has 0 bridgehead atoms. The molecule has 20 heavy (non-hydrogen) atoms. The van der Waals surface area contributed by atoms with Crippen LogP contribution in [0.4, 0.5) is 0 Å². The van der Waals surface area contributed by atoms with E-state index in [1.54, 1.807) is 0 Å². The summed E-state index contributed by atoms with van der Waals surface area (Å²) in [7, 11) is 0. The van der Waals surface area contributed by atoms with Crippen LogP contribution in [-0.2, 0) is 4.74 Å². The summed E-state index contributed by atoms with van der Waals surface area (Å²) in [5, 5.41) is 3.40. The van der Waals surface area contributed by atoms with Gasteiger partial charge in [-0.05, 0) is 18.6 Å². The first kappa shape index (κ1) is 15.4. The van der Waals surface area contributed by atoms with Crippen molar-refractivity contribution >= 4 is 17.2 Å². The summed E-state index contributed by atoms with van der Waals surface area (Å²) in [6, 6.07) is 6.02. The number of thiocarbonyl (C=S) groups is 1. The summed E-state index contributed by atoms with van der Waals surface area (Å²) >= 11 is 5.58. The van der Waals surface area contributed by atoms with Crippen LogP contribution >= 0.6 is 12.2 Å². The lowest BCUT2D eigenvalue weighted by molar-refractivity contribution is 0.0366. The van der Waals surface area contributed by atoms with Crippen LogP contribution in [-0.4, -0.2) is 47.8 Å². The fourth-order valence-electron chi connectivity index (χ4n) is 2.36. The molecule has 1 aliphatic rings. The molecule has 0 aliphatic carbocycles. The van der Waals surface area contributed by atoms with Crippen molar-refractivity contribution in [3.05, 3.63) is 30.1 Å². The van der Waals surface area contributed by atoms with Gasteiger partial charge in [-0.3, -0.25) is 9.88 Å². The van der Waals surface area contributed by atoms with Gasteiger partial charge in [0.05, 0.1) is 36.5 Å². The van der Waals surface area contributed by atoms with E-state index in [4.69, 9.17) is 17.0 Å².